The maximum absolute atomic E-state index is 12.4. The van der Waals surface area contributed by atoms with E-state index >= 15 is 0 Å². The SMILES string of the molecule is CN(C)c1ccc([C@H](CNC(=O)C(=O)N2CCC(C(N)=O)CC2)[NH+](C)C)cc1. The molecule has 1 aliphatic rings. The highest BCUT2D eigenvalue weighted by Gasteiger charge is 2.30. The van der Waals surface area contributed by atoms with Gasteiger partial charge in [-0.25, -0.2) is 0 Å². The van der Waals surface area contributed by atoms with E-state index in [1.54, 1.807) is 0 Å². The summed E-state index contributed by atoms with van der Waals surface area (Å²) >= 11 is 0. The summed E-state index contributed by atoms with van der Waals surface area (Å²) in [6.45, 7) is 1.13. The third-order valence-corrected chi connectivity index (χ3v) is 5.35. The van der Waals surface area contributed by atoms with Crippen molar-refractivity contribution in [3.63, 3.8) is 0 Å². The first-order chi connectivity index (χ1) is 13.2. The van der Waals surface area contributed by atoms with E-state index in [-0.39, 0.29) is 17.9 Å². The van der Waals surface area contributed by atoms with Crippen molar-refractivity contribution < 1.29 is 19.3 Å². The number of hydrogen-bond acceptors (Lipinski definition) is 4. The van der Waals surface area contributed by atoms with Gasteiger partial charge in [0, 0.05) is 44.4 Å². The lowest BCUT2D eigenvalue weighted by Crippen LogP contribution is -3.07. The fourth-order valence-electron chi connectivity index (χ4n) is 3.44. The van der Waals surface area contributed by atoms with Crippen molar-refractivity contribution in [2.45, 2.75) is 18.9 Å². The van der Waals surface area contributed by atoms with Gasteiger partial charge in [0.05, 0.1) is 20.6 Å². The summed E-state index contributed by atoms with van der Waals surface area (Å²) in [7, 11) is 8.02. The fraction of sp³-hybridized carbons (Fsp3) is 0.550. The van der Waals surface area contributed by atoms with Crippen molar-refractivity contribution in [1.29, 1.82) is 0 Å². The first-order valence-corrected chi connectivity index (χ1v) is 9.64. The number of quaternary nitrogens is 1. The highest BCUT2D eigenvalue weighted by molar-refractivity contribution is 6.35. The summed E-state index contributed by atoms with van der Waals surface area (Å²) < 4.78 is 0. The van der Waals surface area contributed by atoms with Crippen LogP contribution in [0.3, 0.4) is 0 Å². The number of nitrogens with one attached hydrogen (secondary N) is 2. The van der Waals surface area contributed by atoms with E-state index in [9.17, 15) is 14.4 Å². The Morgan fingerprint density at radius 3 is 2.21 bits per heavy atom. The zero-order valence-electron chi connectivity index (χ0n) is 17.2. The number of amides is 3. The van der Waals surface area contributed by atoms with E-state index in [0.29, 0.717) is 32.5 Å². The van der Waals surface area contributed by atoms with Gasteiger partial charge in [-0.3, -0.25) is 14.4 Å². The minimum atomic E-state index is -0.603. The number of benzene rings is 1. The van der Waals surface area contributed by atoms with Gasteiger partial charge in [0.1, 0.15) is 6.04 Å². The second-order valence-electron chi connectivity index (χ2n) is 7.79. The number of piperidine rings is 1. The molecule has 1 aromatic rings. The lowest BCUT2D eigenvalue weighted by molar-refractivity contribution is -0.890. The third-order valence-electron chi connectivity index (χ3n) is 5.35. The van der Waals surface area contributed by atoms with E-state index < -0.39 is 11.8 Å². The molecule has 1 fully saturated rings. The summed E-state index contributed by atoms with van der Waals surface area (Å²) in [5, 5.41) is 2.78. The van der Waals surface area contributed by atoms with Crippen LogP contribution in [0.2, 0.25) is 0 Å². The Balaban J connectivity index is 1.93. The molecular formula is C20H32N5O3+. The molecule has 0 aromatic heterocycles. The predicted molar refractivity (Wildman–Crippen MR) is 108 cm³/mol. The summed E-state index contributed by atoms with van der Waals surface area (Å²) in [6, 6.07) is 8.22. The van der Waals surface area contributed by atoms with Gasteiger partial charge in [-0.2, -0.15) is 0 Å². The molecule has 154 valence electrons. The Hall–Kier alpha value is -2.61. The Kier molecular flexibility index (Phi) is 7.39. The van der Waals surface area contributed by atoms with Gasteiger partial charge in [-0.15, -0.1) is 0 Å². The lowest BCUT2D eigenvalue weighted by Gasteiger charge is -2.30. The van der Waals surface area contributed by atoms with Crippen molar-refractivity contribution in [1.82, 2.24) is 10.2 Å². The van der Waals surface area contributed by atoms with Crippen LogP contribution < -0.4 is 20.9 Å². The van der Waals surface area contributed by atoms with Crippen LogP contribution >= 0.6 is 0 Å². The minimum Gasteiger partial charge on any atom is -0.378 e. The minimum absolute atomic E-state index is 0.0357. The molecule has 8 nitrogen and oxygen atoms in total. The Morgan fingerprint density at radius 2 is 1.75 bits per heavy atom. The van der Waals surface area contributed by atoms with Gasteiger partial charge >= 0.3 is 11.8 Å². The highest BCUT2D eigenvalue weighted by Crippen LogP contribution is 2.17. The fourth-order valence-corrected chi connectivity index (χ4v) is 3.44. The lowest BCUT2D eigenvalue weighted by atomic mass is 9.96. The number of likely N-dealkylation sites (tertiary alicyclic amines) is 1. The average Bonchev–Trinajstić information content (AvgIpc) is 2.67. The Labute approximate surface area is 166 Å². The van der Waals surface area contributed by atoms with E-state index in [1.807, 2.05) is 45.2 Å². The van der Waals surface area contributed by atoms with Crippen LogP contribution in [0.15, 0.2) is 24.3 Å². The maximum Gasteiger partial charge on any atom is 0.311 e. The predicted octanol–water partition coefficient (Wildman–Crippen LogP) is -1.22. The number of likely N-dealkylation sites (N-methyl/N-ethyl adjacent to an activating group) is 1. The quantitative estimate of drug-likeness (QED) is 0.530. The van der Waals surface area contributed by atoms with Crippen molar-refractivity contribution in [3.8, 4) is 0 Å². The van der Waals surface area contributed by atoms with Gasteiger partial charge in [0.2, 0.25) is 5.91 Å². The molecule has 0 radical (unpaired) electrons. The molecule has 3 amide bonds. The van der Waals surface area contributed by atoms with Crippen LogP contribution in [0.4, 0.5) is 5.69 Å². The van der Waals surface area contributed by atoms with Crippen LogP contribution in [0.25, 0.3) is 0 Å². The van der Waals surface area contributed by atoms with E-state index in [2.05, 4.69) is 17.4 Å². The summed E-state index contributed by atoms with van der Waals surface area (Å²) in [5.41, 5.74) is 7.52. The number of nitrogens with zero attached hydrogens (tertiary/aromatic N) is 2. The molecule has 0 aliphatic carbocycles. The topological polar surface area (TPSA) is 100 Å². The van der Waals surface area contributed by atoms with Crippen LogP contribution in [-0.2, 0) is 14.4 Å². The molecule has 1 heterocycles. The molecule has 1 atom stereocenters. The van der Waals surface area contributed by atoms with Gasteiger partial charge in [-0.05, 0) is 25.0 Å². The Morgan fingerprint density at radius 1 is 1.18 bits per heavy atom. The third kappa shape index (κ3) is 5.45. The molecule has 0 spiro atoms. The zero-order chi connectivity index (χ0) is 20.8. The summed E-state index contributed by atoms with van der Waals surface area (Å²) in [6.07, 6.45) is 1.02. The van der Waals surface area contributed by atoms with Crippen molar-refractivity contribution in [2.24, 2.45) is 11.7 Å². The number of nitrogens with two attached hydrogens (primary N) is 1. The summed E-state index contributed by atoms with van der Waals surface area (Å²) in [4.78, 5) is 40.7. The van der Waals surface area contributed by atoms with Crippen LogP contribution in [0.5, 0.6) is 0 Å². The summed E-state index contributed by atoms with van der Waals surface area (Å²) in [5.74, 6) is -1.69. The van der Waals surface area contributed by atoms with E-state index in [1.165, 1.54) is 4.90 Å². The normalized spacial score (nSPS) is 16.0. The number of rotatable bonds is 6. The van der Waals surface area contributed by atoms with Crippen LogP contribution in [0.1, 0.15) is 24.4 Å². The van der Waals surface area contributed by atoms with Crippen LogP contribution in [0, 0.1) is 5.92 Å². The molecule has 28 heavy (non-hydrogen) atoms. The monoisotopic (exact) mass is 390 g/mol. The van der Waals surface area contributed by atoms with Crippen molar-refractivity contribution in [3.05, 3.63) is 29.8 Å². The Bertz CT molecular complexity index is 694. The molecule has 8 heteroatoms. The molecule has 4 N–H and O–H groups in total. The van der Waals surface area contributed by atoms with Crippen LogP contribution in [-0.4, -0.2) is 70.4 Å². The average molecular weight is 391 g/mol. The van der Waals surface area contributed by atoms with Crippen molar-refractivity contribution in [2.75, 3.05) is 52.7 Å². The maximum atomic E-state index is 12.4. The van der Waals surface area contributed by atoms with E-state index in [4.69, 9.17) is 5.73 Å². The van der Waals surface area contributed by atoms with E-state index in [0.717, 1.165) is 16.2 Å². The van der Waals surface area contributed by atoms with Gasteiger partial charge in [0.25, 0.3) is 0 Å². The molecule has 0 bridgehead atoms. The standard InChI is InChI=1S/C20H31N5O3/c1-23(2)16-7-5-14(6-8-16)17(24(3)4)13-22-19(27)20(28)25-11-9-15(10-12-25)18(21)26/h5-8,15,17H,9-13H2,1-4H3,(H2,21,26)(H,22,27)/p+1/t17-/m0/s1. The first kappa shape index (κ1) is 21.7. The molecule has 2 rings (SSSR count). The van der Waals surface area contributed by atoms with Gasteiger partial charge in [0.15, 0.2) is 0 Å². The molecule has 0 unspecified atom stereocenters. The molecule has 1 saturated heterocycles. The molecule has 1 aromatic carbocycles. The number of primary amides is 1. The number of hydrogen-bond donors (Lipinski definition) is 3. The zero-order valence-corrected chi connectivity index (χ0v) is 17.2. The largest absolute Gasteiger partial charge is 0.378 e. The van der Waals surface area contributed by atoms with Crippen molar-refractivity contribution >= 4 is 23.4 Å². The molecular weight excluding hydrogens is 358 g/mol. The molecule has 0 saturated carbocycles. The second kappa shape index (κ2) is 9.54. The highest BCUT2D eigenvalue weighted by atomic mass is 16.2. The first-order valence-electron chi connectivity index (χ1n) is 9.64. The number of carbonyl (C=O) groups is 3. The van der Waals surface area contributed by atoms with Gasteiger partial charge < -0.3 is 25.8 Å². The smallest absolute Gasteiger partial charge is 0.311 e. The number of carbonyl (C=O) groups excluding carboxylic acids is 3. The second-order valence-corrected chi connectivity index (χ2v) is 7.79. The molecule has 1 aliphatic heterocycles. The number of anilines is 1. The van der Waals surface area contributed by atoms with Gasteiger partial charge in [-0.1, -0.05) is 12.1 Å².